The number of carbonyl (C=O) groups excluding carboxylic acids is 1. The van der Waals surface area contributed by atoms with Crippen molar-refractivity contribution >= 4 is 11.6 Å². The van der Waals surface area contributed by atoms with Gasteiger partial charge < -0.3 is 10.1 Å². The molecule has 0 unspecified atom stereocenters. The van der Waals surface area contributed by atoms with E-state index in [0.29, 0.717) is 24.6 Å². The van der Waals surface area contributed by atoms with Gasteiger partial charge in [0.05, 0.1) is 12.8 Å². The highest BCUT2D eigenvalue weighted by Gasteiger charge is 2.17. The molecule has 3 rings (SSSR count). The van der Waals surface area contributed by atoms with Crippen LogP contribution in [0.4, 0.5) is 5.69 Å². The summed E-state index contributed by atoms with van der Waals surface area (Å²) in [6.45, 7) is 1.52. The molecule has 1 N–H and O–H groups in total. The number of nitrogens with one attached hydrogen (secondary N) is 1. The van der Waals surface area contributed by atoms with Gasteiger partial charge in [-0.1, -0.05) is 30.3 Å². The van der Waals surface area contributed by atoms with Crippen molar-refractivity contribution in [3.05, 3.63) is 42.1 Å². The third-order valence-corrected chi connectivity index (χ3v) is 3.30. The second kappa shape index (κ2) is 5.77. The van der Waals surface area contributed by atoms with Gasteiger partial charge in [-0.3, -0.25) is 4.79 Å². The molecule has 0 saturated heterocycles. The summed E-state index contributed by atoms with van der Waals surface area (Å²) < 4.78 is 7.33. The minimum atomic E-state index is -0.0150. The molecule has 0 bridgehead atoms. The molecular formula is C15H17N3O2. The van der Waals surface area contributed by atoms with Crippen LogP contribution in [0.2, 0.25) is 0 Å². The Morgan fingerprint density at radius 1 is 1.35 bits per heavy atom. The lowest BCUT2D eigenvalue weighted by molar-refractivity contribution is -0.116. The highest BCUT2D eigenvalue weighted by Crippen LogP contribution is 2.27. The molecule has 1 aromatic heterocycles. The van der Waals surface area contributed by atoms with E-state index in [4.69, 9.17) is 4.74 Å². The molecule has 5 heteroatoms. The van der Waals surface area contributed by atoms with Crippen LogP contribution in [-0.2, 0) is 17.8 Å². The quantitative estimate of drug-likeness (QED) is 0.927. The number of anilines is 1. The van der Waals surface area contributed by atoms with Crippen molar-refractivity contribution in [3.8, 4) is 5.88 Å². The first-order chi connectivity index (χ1) is 9.83. The van der Waals surface area contributed by atoms with E-state index in [1.54, 1.807) is 10.9 Å². The lowest BCUT2D eigenvalue weighted by Crippen LogP contribution is -2.17. The molecule has 0 saturated carbocycles. The van der Waals surface area contributed by atoms with E-state index in [0.717, 1.165) is 24.9 Å². The number of carbonyl (C=O) groups is 1. The number of fused-ring (bicyclic) bond motifs is 1. The molecule has 0 spiro atoms. The maximum Gasteiger partial charge on any atom is 0.236 e. The summed E-state index contributed by atoms with van der Waals surface area (Å²) in [7, 11) is 0. The van der Waals surface area contributed by atoms with Gasteiger partial charge in [0.15, 0.2) is 0 Å². The summed E-state index contributed by atoms with van der Waals surface area (Å²) in [5.41, 5.74) is 1.83. The first-order valence-electron chi connectivity index (χ1n) is 6.85. The lowest BCUT2D eigenvalue weighted by Gasteiger charge is -2.16. The zero-order chi connectivity index (χ0) is 13.8. The molecule has 0 fully saturated rings. The first kappa shape index (κ1) is 12.7. The van der Waals surface area contributed by atoms with Gasteiger partial charge >= 0.3 is 0 Å². The van der Waals surface area contributed by atoms with E-state index in [1.165, 1.54) is 0 Å². The largest absolute Gasteiger partial charge is 0.476 e. The van der Waals surface area contributed by atoms with Crippen LogP contribution >= 0.6 is 0 Å². The summed E-state index contributed by atoms with van der Waals surface area (Å²) in [5, 5.41) is 7.08. The van der Waals surface area contributed by atoms with Crippen LogP contribution in [0.25, 0.3) is 0 Å². The highest BCUT2D eigenvalue weighted by molar-refractivity contribution is 5.91. The fourth-order valence-electron chi connectivity index (χ4n) is 2.27. The number of amides is 1. The molecule has 1 aromatic carbocycles. The number of nitrogens with zero attached hydrogens (tertiary/aromatic N) is 2. The number of aryl methyl sites for hydroxylation is 2. The van der Waals surface area contributed by atoms with Crippen molar-refractivity contribution in [1.29, 1.82) is 0 Å². The molecule has 0 aliphatic carbocycles. The fraction of sp³-hybridized carbons (Fsp3) is 0.333. The second-order valence-corrected chi connectivity index (χ2v) is 4.82. The van der Waals surface area contributed by atoms with Crippen molar-refractivity contribution in [2.24, 2.45) is 0 Å². The molecule has 1 aliphatic rings. The number of aromatic nitrogens is 2. The van der Waals surface area contributed by atoms with Crippen LogP contribution < -0.4 is 10.1 Å². The molecule has 1 aliphatic heterocycles. The van der Waals surface area contributed by atoms with E-state index in [1.807, 2.05) is 30.3 Å². The van der Waals surface area contributed by atoms with Gasteiger partial charge in [0.2, 0.25) is 11.8 Å². The molecule has 104 valence electrons. The van der Waals surface area contributed by atoms with E-state index < -0.39 is 0 Å². The summed E-state index contributed by atoms with van der Waals surface area (Å²) in [6.07, 6.45) is 3.79. The Kier molecular flexibility index (Phi) is 3.67. The summed E-state index contributed by atoms with van der Waals surface area (Å²) in [4.78, 5) is 12.0. The van der Waals surface area contributed by atoms with E-state index in [9.17, 15) is 4.79 Å². The van der Waals surface area contributed by atoms with Crippen LogP contribution in [0.15, 0.2) is 36.5 Å². The molecule has 2 aromatic rings. The third-order valence-electron chi connectivity index (χ3n) is 3.30. The zero-order valence-electron chi connectivity index (χ0n) is 11.2. The molecule has 5 nitrogen and oxygen atoms in total. The average molecular weight is 271 g/mol. The second-order valence-electron chi connectivity index (χ2n) is 4.82. The van der Waals surface area contributed by atoms with Gasteiger partial charge in [-0.25, -0.2) is 4.68 Å². The predicted octanol–water partition coefficient (Wildman–Crippen LogP) is 2.24. The van der Waals surface area contributed by atoms with Crippen molar-refractivity contribution < 1.29 is 9.53 Å². The van der Waals surface area contributed by atoms with Gasteiger partial charge in [-0.2, -0.15) is 5.10 Å². The van der Waals surface area contributed by atoms with E-state index in [-0.39, 0.29) is 5.91 Å². The van der Waals surface area contributed by atoms with Crippen molar-refractivity contribution in [2.45, 2.75) is 25.8 Å². The lowest BCUT2D eigenvalue weighted by atomic mass is 10.1. The molecule has 0 atom stereocenters. The molecule has 2 heterocycles. The summed E-state index contributed by atoms with van der Waals surface area (Å²) in [6, 6.07) is 9.99. The van der Waals surface area contributed by atoms with E-state index >= 15 is 0 Å². The van der Waals surface area contributed by atoms with Crippen molar-refractivity contribution in [1.82, 2.24) is 9.78 Å². The van der Waals surface area contributed by atoms with Crippen LogP contribution in [-0.4, -0.2) is 22.3 Å². The van der Waals surface area contributed by atoms with Crippen molar-refractivity contribution in [2.75, 3.05) is 11.9 Å². The Hall–Kier alpha value is -2.30. The predicted molar refractivity (Wildman–Crippen MR) is 75.7 cm³/mol. The maximum absolute atomic E-state index is 12.0. The average Bonchev–Trinajstić information content (AvgIpc) is 2.90. The number of hydrogen-bond acceptors (Lipinski definition) is 3. The number of rotatable bonds is 4. The number of ether oxygens (including phenoxy) is 1. The molecule has 1 amide bonds. The van der Waals surface area contributed by atoms with Gasteiger partial charge in [0.1, 0.15) is 5.69 Å². The standard InChI is InChI=1S/C15H17N3O2/c19-14(8-7-12-5-2-1-3-6-12)17-13-11-16-18-9-4-10-20-15(13)18/h1-3,5-6,11H,4,7-10H2,(H,17,19). The zero-order valence-corrected chi connectivity index (χ0v) is 11.2. The van der Waals surface area contributed by atoms with Gasteiger partial charge in [0, 0.05) is 19.4 Å². The molecule has 20 heavy (non-hydrogen) atoms. The Labute approximate surface area is 117 Å². The van der Waals surface area contributed by atoms with Crippen LogP contribution in [0.3, 0.4) is 0 Å². The smallest absolute Gasteiger partial charge is 0.236 e. The minimum absolute atomic E-state index is 0.0150. The normalized spacial score (nSPS) is 13.4. The number of benzene rings is 1. The SMILES string of the molecule is O=C(CCc1ccccc1)Nc1cnn2c1OCCC2. The van der Waals surface area contributed by atoms with Crippen LogP contribution in [0, 0.1) is 0 Å². The monoisotopic (exact) mass is 271 g/mol. The van der Waals surface area contributed by atoms with Crippen molar-refractivity contribution in [3.63, 3.8) is 0 Å². The summed E-state index contributed by atoms with van der Waals surface area (Å²) >= 11 is 0. The van der Waals surface area contributed by atoms with Crippen LogP contribution in [0.1, 0.15) is 18.4 Å². The number of hydrogen-bond donors (Lipinski definition) is 1. The Balaban J connectivity index is 1.58. The Morgan fingerprint density at radius 2 is 2.20 bits per heavy atom. The summed E-state index contributed by atoms with van der Waals surface area (Å²) in [5.74, 6) is 0.656. The van der Waals surface area contributed by atoms with E-state index in [2.05, 4.69) is 10.4 Å². The fourth-order valence-corrected chi connectivity index (χ4v) is 2.27. The highest BCUT2D eigenvalue weighted by atomic mass is 16.5. The van der Waals surface area contributed by atoms with Crippen LogP contribution in [0.5, 0.6) is 5.88 Å². The minimum Gasteiger partial charge on any atom is -0.476 e. The maximum atomic E-state index is 12.0. The Morgan fingerprint density at radius 3 is 3.05 bits per heavy atom. The first-order valence-corrected chi connectivity index (χ1v) is 6.85. The van der Waals surface area contributed by atoms with Gasteiger partial charge in [0.25, 0.3) is 0 Å². The third kappa shape index (κ3) is 2.82. The molecular weight excluding hydrogens is 254 g/mol. The van der Waals surface area contributed by atoms with Gasteiger partial charge in [-0.15, -0.1) is 0 Å². The van der Waals surface area contributed by atoms with Gasteiger partial charge in [-0.05, 0) is 12.0 Å². The topological polar surface area (TPSA) is 56.2 Å². The Bertz CT molecular complexity index is 592. The molecule has 0 radical (unpaired) electrons.